The number of allylic oxidation sites excluding steroid dienone is 6. The summed E-state index contributed by atoms with van der Waals surface area (Å²) < 4.78 is 0. The minimum atomic E-state index is -0.317. The van der Waals surface area contributed by atoms with E-state index in [1.54, 1.807) is 0 Å². The molecule has 1 nitrogen and oxygen atoms in total. The smallest absolute Gasteiger partial charge is 0.149 e. The van der Waals surface area contributed by atoms with Gasteiger partial charge in [0.05, 0.1) is 5.41 Å². The van der Waals surface area contributed by atoms with Crippen molar-refractivity contribution < 1.29 is 4.79 Å². The molecule has 0 unspecified atom stereocenters. The molecule has 0 radical (unpaired) electrons. The molecule has 1 heteroatoms. The van der Waals surface area contributed by atoms with Crippen molar-refractivity contribution in [1.29, 1.82) is 0 Å². The van der Waals surface area contributed by atoms with Gasteiger partial charge in [-0.1, -0.05) is 42.9 Å². The molecule has 2 aliphatic carbocycles. The van der Waals surface area contributed by atoms with Crippen molar-refractivity contribution in [2.45, 2.75) is 20.3 Å². The summed E-state index contributed by atoms with van der Waals surface area (Å²) in [6, 6.07) is 0. The summed E-state index contributed by atoms with van der Waals surface area (Å²) >= 11 is 0. The van der Waals surface area contributed by atoms with E-state index in [9.17, 15) is 4.79 Å². The van der Waals surface area contributed by atoms with Gasteiger partial charge in [0.25, 0.3) is 0 Å². The van der Waals surface area contributed by atoms with Crippen LogP contribution in [0.3, 0.4) is 0 Å². The lowest BCUT2D eigenvalue weighted by molar-refractivity contribution is -0.125. The van der Waals surface area contributed by atoms with E-state index in [0.717, 1.165) is 6.42 Å². The fraction of sp³-hybridized carbons (Fsp3) is 0.417. The van der Waals surface area contributed by atoms with Gasteiger partial charge >= 0.3 is 0 Å². The highest BCUT2D eigenvalue weighted by atomic mass is 16.1. The van der Waals surface area contributed by atoms with Crippen LogP contribution < -0.4 is 0 Å². The Labute approximate surface area is 78.8 Å². The number of Topliss-reactive ketones (excluding diaryl/α,β-unsaturated/α-hetero) is 1. The van der Waals surface area contributed by atoms with E-state index in [1.807, 2.05) is 38.2 Å². The van der Waals surface area contributed by atoms with Gasteiger partial charge in [0.2, 0.25) is 0 Å². The maximum Gasteiger partial charge on any atom is 0.149 e. The molecular formula is C12H14O. The summed E-state index contributed by atoms with van der Waals surface area (Å²) in [4.78, 5) is 11.9. The molecule has 0 aromatic carbocycles. The molecule has 0 N–H and O–H groups in total. The van der Waals surface area contributed by atoms with Gasteiger partial charge in [0.15, 0.2) is 0 Å². The van der Waals surface area contributed by atoms with Crippen LogP contribution in [-0.2, 0) is 4.79 Å². The van der Waals surface area contributed by atoms with Crippen LogP contribution in [0.2, 0.25) is 0 Å². The molecule has 68 valence electrons. The predicted molar refractivity (Wildman–Crippen MR) is 53.3 cm³/mol. The first-order valence-electron chi connectivity index (χ1n) is 4.74. The van der Waals surface area contributed by atoms with Crippen molar-refractivity contribution in [3.8, 4) is 0 Å². The third kappa shape index (κ3) is 1.11. The van der Waals surface area contributed by atoms with Crippen molar-refractivity contribution in [3.63, 3.8) is 0 Å². The van der Waals surface area contributed by atoms with Crippen LogP contribution in [0.1, 0.15) is 20.3 Å². The lowest BCUT2D eigenvalue weighted by Crippen LogP contribution is -2.22. The number of carbonyl (C=O) groups is 1. The second-order valence-corrected chi connectivity index (χ2v) is 4.11. The monoisotopic (exact) mass is 174 g/mol. The molecule has 0 aromatic rings. The van der Waals surface area contributed by atoms with Crippen molar-refractivity contribution >= 4 is 5.78 Å². The van der Waals surface area contributed by atoms with Crippen molar-refractivity contribution in [2.24, 2.45) is 11.3 Å². The molecular weight excluding hydrogens is 160 g/mol. The number of rotatable bonds is 0. The fourth-order valence-corrected chi connectivity index (χ4v) is 2.22. The Hall–Kier alpha value is -1.11. The number of fused-ring (bicyclic) bond motifs is 1. The maximum atomic E-state index is 11.9. The zero-order valence-electron chi connectivity index (χ0n) is 8.08. The Morgan fingerprint density at radius 3 is 2.92 bits per heavy atom. The van der Waals surface area contributed by atoms with Crippen LogP contribution in [0.4, 0.5) is 0 Å². The van der Waals surface area contributed by atoms with E-state index in [-0.39, 0.29) is 11.3 Å². The molecule has 1 fully saturated rings. The zero-order chi connectivity index (χ0) is 9.47. The summed E-state index contributed by atoms with van der Waals surface area (Å²) in [5.41, 5.74) is 0.943. The van der Waals surface area contributed by atoms with Crippen LogP contribution >= 0.6 is 0 Å². The molecule has 0 heterocycles. The molecule has 0 amide bonds. The summed E-state index contributed by atoms with van der Waals surface area (Å²) in [6.07, 6.45) is 11.0. The van der Waals surface area contributed by atoms with Crippen LogP contribution in [0.25, 0.3) is 0 Å². The molecule has 0 spiro atoms. The lowest BCUT2D eigenvalue weighted by atomic mass is 9.83. The van der Waals surface area contributed by atoms with E-state index in [4.69, 9.17) is 0 Å². The molecule has 0 aromatic heterocycles. The Morgan fingerprint density at radius 1 is 1.38 bits per heavy atom. The Bertz CT molecular complexity index is 333. The molecule has 1 saturated carbocycles. The average Bonchev–Trinajstić information content (AvgIpc) is 2.30. The Kier molecular flexibility index (Phi) is 1.76. The SMILES string of the molecule is C[C@@H]1CC2=CC=CC=C[C@@]2(C)C1=O. The Morgan fingerprint density at radius 2 is 2.15 bits per heavy atom. The lowest BCUT2D eigenvalue weighted by Gasteiger charge is -2.18. The minimum Gasteiger partial charge on any atom is -0.298 e. The van der Waals surface area contributed by atoms with Gasteiger partial charge in [-0.2, -0.15) is 0 Å². The number of hydrogen-bond acceptors (Lipinski definition) is 1. The van der Waals surface area contributed by atoms with Gasteiger partial charge < -0.3 is 0 Å². The van der Waals surface area contributed by atoms with Crippen LogP contribution in [0, 0.1) is 11.3 Å². The summed E-state index contributed by atoms with van der Waals surface area (Å²) in [5.74, 6) is 0.547. The van der Waals surface area contributed by atoms with Crippen LogP contribution in [0.15, 0.2) is 36.0 Å². The van der Waals surface area contributed by atoms with Crippen LogP contribution in [-0.4, -0.2) is 5.78 Å². The second kappa shape index (κ2) is 2.69. The zero-order valence-corrected chi connectivity index (χ0v) is 8.08. The highest BCUT2D eigenvalue weighted by Gasteiger charge is 2.43. The quantitative estimate of drug-likeness (QED) is 0.551. The first-order valence-corrected chi connectivity index (χ1v) is 4.74. The van der Waals surface area contributed by atoms with E-state index in [2.05, 4.69) is 6.08 Å². The number of hydrogen-bond donors (Lipinski definition) is 0. The fourth-order valence-electron chi connectivity index (χ4n) is 2.22. The average molecular weight is 174 g/mol. The summed E-state index contributed by atoms with van der Waals surface area (Å²) in [5, 5.41) is 0. The molecule has 2 aliphatic rings. The first-order chi connectivity index (χ1) is 6.14. The van der Waals surface area contributed by atoms with Gasteiger partial charge in [-0.3, -0.25) is 4.79 Å². The van der Waals surface area contributed by atoms with Gasteiger partial charge in [-0.05, 0) is 13.3 Å². The first kappa shape index (κ1) is 8.49. The van der Waals surface area contributed by atoms with Gasteiger partial charge in [-0.15, -0.1) is 0 Å². The molecule has 2 rings (SSSR count). The highest BCUT2D eigenvalue weighted by molar-refractivity contribution is 5.94. The van der Waals surface area contributed by atoms with E-state index in [0.29, 0.717) is 5.78 Å². The number of ketones is 1. The standard InChI is InChI=1S/C12H14O/c1-9-8-10-6-4-3-5-7-12(10,2)11(9)13/h3-7,9H,8H2,1-2H3/t9-,12-/m1/s1. The maximum absolute atomic E-state index is 11.9. The predicted octanol–water partition coefficient (Wildman–Crippen LogP) is 2.65. The highest BCUT2D eigenvalue weighted by Crippen LogP contribution is 2.44. The van der Waals surface area contributed by atoms with Gasteiger partial charge in [-0.25, -0.2) is 0 Å². The third-order valence-electron chi connectivity index (χ3n) is 3.10. The van der Waals surface area contributed by atoms with E-state index < -0.39 is 0 Å². The van der Waals surface area contributed by atoms with E-state index in [1.165, 1.54) is 5.57 Å². The van der Waals surface area contributed by atoms with Gasteiger partial charge in [0, 0.05) is 5.92 Å². The number of carbonyl (C=O) groups excluding carboxylic acids is 1. The van der Waals surface area contributed by atoms with E-state index >= 15 is 0 Å². The van der Waals surface area contributed by atoms with Crippen LogP contribution in [0.5, 0.6) is 0 Å². The second-order valence-electron chi connectivity index (χ2n) is 4.11. The van der Waals surface area contributed by atoms with Gasteiger partial charge in [0.1, 0.15) is 5.78 Å². The van der Waals surface area contributed by atoms with Crippen molar-refractivity contribution in [3.05, 3.63) is 36.0 Å². The largest absolute Gasteiger partial charge is 0.298 e. The third-order valence-corrected chi connectivity index (χ3v) is 3.10. The molecule has 0 aliphatic heterocycles. The minimum absolute atomic E-state index is 0.187. The summed E-state index contributed by atoms with van der Waals surface area (Å²) in [7, 11) is 0. The summed E-state index contributed by atoms with van der Waals surface area (Å²) in [6.45, 7) is 4.04. The molecule has 0 bridgehead atoms. The Balaban J connectivity index is 2.51. The van der Waals surface area contributed by atoms with Crippen molar-refractivity contribution in [2.75, 3.05) is 0 Å². The van der Waals surface area contributed by atoms with Crippen molar-refractivity contribution in [1.82, 2.24) is 0 Å². The molecule has 0 saturated heterocycles. The topological polar surface area (TPSA) is 17.1 Å². The normalized spacial score (nSPS) is 37.2. The molecule has 2 atom stereocenters. The molecule has 13 heavy (non-hydrogen) atoms.